The summed E-state index contributed by atoms with van der Waals surface area (Å²) in [6.07, 6.45) is 6.01. The summed E-state index contributed by atoms with van der Waals surface area (Å²) >= 11 is 6.33. The number of benzene rings is 3. The minimum atomic E-state index is -1.48. The van der Waals surface area contributed by atoms with Crippen LogP contribution in [0.25, 0.3) is 22.0 Å². The van der Waals surface area contributed by atoms with E-state index in [9.17, 15) is 9.90 Å². The van der Waals surface area contributed by atoms with Crippen LogP contribution < -0.4 is 10.9 Å². The van der Waals surface area contributed by atoms with Crippen molar-refractivity contribution in [1.82, 2.24) is 24.3 Å². The first kappa shape index (κ1) is 28.4. The molecule has 3 aromatic carbocycles. The molecule has 0 saturated carbocycles. The lowest BCUT2D eigenvalue weighted by atomic mass is 9.82. The maximum absolute atomic E-state index is 12.9. The number of nitrogens with zero attached hydrogens (tertiary/aromatic N) is 4. The van der Waals surface area contributed by atoms with Crippen molar-refractivity contribution in [2.45, 2.75) is 25.0 Å². The lowest BCUT2D eigenvalue weighted by Gasteiger charge is -2.30. The van der Waals surface area contributed by atoms with Gasteiger partial charge in [0.2, 0.25) is 0 Å². The number of aliphatic hydroxyl groups is 1. The smallest absolute Gasteiger partial charge is 0.251 e. The molecule has 3 heterocycles. The second-order valence-corrected chi connectivity index (χ2v) is 11.7. The van der Waals surface area contributed by atoms with Crippen LogP contribution in [0.2, 0.25) is 5.02 Å². The molecule has 42 heavy (non-hydrogen) atoms. The van der Waals surface area contributed by atoms with Crippen molar-refractivity contribution in [1.29, 1.82) is 0 Å². The number of aromatic nitrogens is 3. The minimum absolute atomic E-state index is 0.114. The minimum Gasteiger partial charge on any atom is -0.374 e. The molecule has 0 amide bonds. The Kier molecular flexibility index (Phi) is 8.01. The van der Waals surface area contributed by atoms with Gasteiger partial charge < -0.3 is 24.5 Å². The summed E-state index contributed by atoms with van der Waals surface area (Å²) in [6.45, 7) is 5.20. The van der Waals surface area contributed by atoms with E-state index in [1.165, 1.54) is 25.9 Å². The molecule has 1 fully saturated rings. The molecule has 1 saturated heterocycles. The van der Waals surface area contributed by atoms with Gasteiger partial charge >= 0.3 is 0 Å². The van der Waals surface area contributed by atoms with E-state index in [1.807, 2.05) is 66.2 Å². The molecule has 7 nitrogen and oxygen atoms in total. The van der Waals surface area contributed by atoms with Crippen LogP contribution in [0, 0.1) is 0 Å². The lowest BCUT2D eigenvalue weighted by Crippen LogP contribution is -2.31. The fraction of sp³-hybridized carbons (Fsp3) is 0.294. The number of fused-ring (bicyclic) bond motifs is 1. The Morgan fingerprint density at radius 1 is 0.976 bits per heavy atom. The van der Waals surface area contributed by atoms with Gasteiger partial charge in [-0.15, -0.1) is 0 Å². The Hall–Kier alpha value is -3.75. The molecule has 216 valence electrons. The first-order valence-corrected chi connectivity index (χ1v) is 14.8. The van der Waals surface area contributed by atoms with Crippen LogP contribution in [0.15, 0.2) is 90.1 Å². The fourth-order valence-corrected chi connectivity index (χ4v) is 6.28. The molecule has 0 bridgehead atoms. The molecule has 8 heteroatoms. The summed E-state index contributed by atoms with van der Waals surface area (Å²) in [6, 6.07) is 23.0. The predicted octanol–water partition coefficient (Wildman–Crippen LogP) is 5.06. The summed E-state index contributed by atoms with van der Waals surface area (Å²) in [5, 5.41) is 17.6. The Labute approximate surface area is 251 Å². The van der Waals surface area contributed by atoms with Crippen LogP contribution in [0.3, 0.4) is 0 Å². The average molecular weight is 582 g/mol. The molecule has 0 spiro atoms. The zero-order valence-electron chi connectivity index (χ0n) is 24.1. The maximum Gasteiger partial charge on any atom is 0.251 e. The summed E-state index contributed by atoms with van der Waals surface area (Å²) in [4.78, 5) is 19.7. The van der Waals surface area contributed by atoms with Gasteiger partial charge in [-0.1, -0.05) is 54.1 Å². The Bertz CT molecular complexity index is 1770. The van der Waals surface area contributed by atoms with E-state index in [2.05, 4.69) is 27.3 Å². The molecule has 0 radical (unpaired) electrons. The number of aryl methyl sites for hydroxylation is 2. The average Bonchev–Trinajstić information content (AvgIpc) is 3.69. The van der Waals surface area contributed by atoms with Gasteiger partial charge in [-0.05, 0) is 78.0 Å². The monoisotopic (exact) mass is 581 g/mol. The lowest BCUT2D eigenvalue weighted by molar-refractivity contribution is 0.117. The van der Waals surface area contributed by atoms with E-state index >= 15 is 0 Å². The van der Waals surface area contributed by atoms with E-state index in [-0.39, 0.29) is 5.56 Å². The number of nitrogens with one attached hydrogen (secondary N) is 1. The van der Waals surface area contributed by atoms with Crippen molar-refractivity contribution in [3.8, 4) is 11.1 Å². The first-order chi connectivity index (χ1) is 20.3. The van der Waals surface area contributed by atoms with Crippen LogP contribution in [-0.2, 0) is 26.2 Å². The van der Waals surface area contributed by atoms with Crippen molar-refractivity contribution in [2.75, 3.05) is 26.2 Å². The van der Waals surface area contributed by atoms with Gasteiger partial charge in [0.05, 0.1) is 23.7 Å². The number of imidazole rings is 1. The zero-order valence-corrected chi connectivity index (χ0v) is 24.8. The molecule has 0 aliphatic carbocycles. The number of likely N-dealkylation sites (tertiary alicyclic amines) is 1. The molecular weight excluding hydrogens is 546 g/mol. The standard InChI is InChI=1S/C34H36ClN5O2/c1-38-23-37-22-32(38)34(42,26-10-8-24(9-11-26)21-36-14-17-40-15-3-4-16-40)27-12-13-31-30(19-27)29(20-33(41)39(31)2)25-6-5-7-28(35)18-25/h5-13,18-20,22-23,36,42H,3-4,14-17,21H2,1-2H3. The van der Waals surface area contributed by atoms with E-state index in [1.54, 1.807) is 30.2 Å². The highest BCUT2D eigenvalue weighted by atomic mass is 35.5. The molecule has 1 atom stereocenters. The summed E-state index contributed by atoms with van der Waals surface area (Å²) in [5.41, 5.74) is 3.99. The van der Waals surface area contributed by atoms with Crippen LogP contribution in [0.5, 0.6) is 0 Å². The van der Waals surface area contributed by atoms with Gasteiger partial charge in [0, 0.05) is 50.2 Å². The van der Waals surface area contributed by atoms with Crippen LogP contribution in [-0.4, -0.2) is 50.3 Å². The van der Waals surface area contributed by atoms with Gasteiger partial charge in [-0.2, -0.15) is 0 Å². The number of hydrogen-bond donors (Lipinski definition) is 2. The van der Waals surface area contributed by atoms with Crippen LogP contribution >= 0.6 is 11.6 Å². The third-order valence-electron chi connectivity index (χ3n) is 8.49. The number of halogens is 1. The van der Waals surface area contributed by atoms with Crippen molar-refractivity contribution in [3.05, 3.63) is 123 Å². The van der Waals surface area contributed by atoms with Crippen molar-refractivity contribution in [2.24, 2.45) is 14.1 Å². The summed E-state index contributed by atoms with van der Waals surface area (Å²) < 4.78 is 3.47. The molecular formula is C34H36ClN5O2. The van der Waals surface area contributed by atoms with Gasteiger partial charge in [-0.25, -0.2) is 4.98 Å². The Morgan fingerprint density at radius 2 is 1.74 bits per heavy atom. The normalized spacial score (nSPS) is 15.3. The number of rotatable bonds is 9. The third kappa shape index (κ3) is 5.41. The maximum atomic E-state index is 12.9. The van der Waals surface area contributed by atoms with Gasteiger partial charge in [0.25, 0.3) is 5.56 Å². The third-order valence-corrected chi connectivity index (χ3v) is 8.73. The quantitative estimate of drug-likeness (QED) is 0.238. The largest absolute Gasteiger partial charge is 0.374 e. The first-order valence-electron chi connectivity index (χ1n) is 14.5. The number of pyridine rings is 1. The van der Waals surface area contributed by atoms with E-state index in [0.717, 1.165) is 52.8 Å². The summed E-state index contributed by atoms with van der Waals surface area (Å²) in [5.74, 6) is 0. The second kappa shape index (κ2) is 11.9. The van der Waals surface area contributed by atoms with E-state index in [4.69, 9.17) is 11.6 Å². The highest BCUT2D eigenvalue weighted by Crippen LogP contribution is 2.39. The molecule has 6 rings (SSSR count). The highest BCUT2D eigenvalue weighted by molar-refractivity contribution is 6.30. The second-order valence-electron chi connectivity index (χ2n) is 11.2. The molecule has 5 aromatic rings. The van der Waals surface area contributed by atoms with E-state index < -0.39 is 5.60 Å². The molecule has 1 aliphatic heterocycles. The molecule has 1 aliphatic rings. The van der Waals surface area contributed by atoms with Crippen molar-refractivity contribution < 1.29 is 5.11 Å². The van der Waals surface area contributed by atoms with Gasteiger partial charge in [0.15, 0.2) is 5.60 Å². The molecule has 1 unspecified atom stereocenters. The summed E-state index contributed by atoms with van der Waals surface area (Å²) in [7, 11) is 3.64. The molecule has 2 aromatic heterocycles. The van der Waals surface area contributed by atoms with Crippen LogP contribution in [0.4, 0.5) is 0 Å². The number of hydrogen-bond acceptors (Lipinski definition) is 5. The van der Waals surface area contributed by atoms with Gasteiger partial charge in [0.1, 0.15) is 0 Å². The Balaban J connectivity index is 1.39. The fourth-order valence-electron chi connectivity index (χ4n) is 6.09. The predicted molar refractivity (Wildman–Crippen MR) is 169 cm³/mol. The zero-order chi connectivity index (χ0) is 29.3. The van der Waals surface area contributed by atoms with Crippen molar-refractivity contribution in [3.63, 3.8) is 0 Å². The van der Waals surface area contributed by atoms with E-state index in [0.29, 0.717) is 16.3 Å². The van der Waals surface area contributed by atoms with Crippen molar-refractivity contribution >= 4 is 22.5 Å². The topological polar surface area (TPSA) is 75.3 Å². The highest BCUT2D eigenvalue weighted by Gasteiger charge is 2.37. The SMILES string of the molecule is Cn1cncc1C(O)(c1ccc(CNCCN2CCCC2)cc1)c1ccc2c(c1)c(-c1cccc(Cl)c1)cc(=O)n2C. The van der Waals surface area contributed by atoms with Gasteiger partial charge in [-0.3, -0.25) is 4.79 Å². The van der Waals surface area contributed by atoms with Crippen LogP contribution in [0.1, 0.15) is 35.2 Å². The molecule has 2 N–H and O–H groups in total. The Morgan fingerprint density at radius 3 is 2.45 bits per heavy atom.